The molecule has 216 valence electrons. The van der Waals surface area contributed by atoms with Crippen LogP contribution in [0.5, 0.6) is 5.75 Å². The maximum atomic E-state index is 9.19. The first-order valence-corrected chi connectivity index (χ1v) is 16.2. The Labute approximate surface area is 240 Å². The number of rotatable bonds is 9. The molecule has 0 amide bonds. The molecule has 6 rings (SSSR count). The minimum atomic E-state index is -3.67. The predicted octanol–water partition coefficient (Wildman–Crippen LogP) is 6.10. The lowest BCUT2D eigenvalue weighted by atomic mass is 9.70. The number of benzene rings is 3. The molecule has 0 aromatic heterocycles. The Morgan fingerprint density at radius 2 is 1.50 bits per heavy atom. The predicted molar refractivity (Wildman–Crippen MR) is 163 cm³/mol. The van der Waals surface area contributed by atoms with Crippen molar-refractivity contribution in [3.63, 3.8) is 0 Å². The minimum absolute atomic E-state index is 0.353. The van der Waals surface area contributed by atoms with E-state index in [9.17, 15) is 8.42 Å². The Kier molecular flexibility index (Phi) is 10.4. The van der Waals surface area contributed by atoms with E-state index < -0.39 is 10.1 Å². The average molecular weight is 565 g/mol. The monoisotopic (exact) mass is 564 g/mol. The van der Waals surface area contributed by atoms with E-state index in [1.165, 1.54) is 48.2 Å². The molecule has 1 unspecified atom stereocenters. The summed E-state index contributed by atoms with van der Waals surface area (Å²) in [5.41, 5.74) is 5.51. The number of hydrogen-bond acceptors (Lipinski definition) is 5. The average Bonchev–Trinajstić information content (AvgIpc) is 2.97. The van der Waals surface area contributed by atoms with E-state index in [1.54, 1.807) is 7.11 Å². The zero-order valence-corrected chi connectivity index (χ0v) is 25.0. The SMILES string of the molecule is CCC(C)c1ccc(OC)c(CN[C@H]2C3CCN(CC3)[C@H]2C(c2ccccc2)c2ccccc2)c1.CS(=O)(=O)O. The topological polar surface area (TPSA) is 78.9 Å². The molecule has 3 aromatic carbocycles. The number of hydrogen-bond donors (Lipinski definition) is 2. The molecular weight excluding hydrogens is 520 g/mol. The normalized spacial score (nSPS) is 22.9. The van der Waals surface area contributed by atoms with Gasteiger partial charge in [0.05, 0.1) is 13.4 Å². The molecule has 3 fully saturated rings. The van der Waals surface area contributed by atoms with Crippen molar-refractivity contribution >= 4 is 10.1 Å². The number of nitrogens with zero attached hydrogens (tertiary/aromatic N) is 1. The maximum absolute atomic E-state index is 9.19. The lowest BCUT2D eigenvalue weighted by Gasteiger charge is -2.54. The summed E-state index contributed by atoms with van der Waals surface area (Å²) in [6, 6.07) is 29.9. The van der Waals surface area contributed by atoms with Crippen molar-refractivity contribution < 1.29 is 17.7 Å². The third-order valence-electron chi connectivity index (χ3n) is 8.54. The molecule has 0 radical (unpaired) electrons. The molecule has 0 aliphatic carbocycles. The number of piperidine rings is 3. The van der Waals surface area contributed by atoms with E-state index >= 15 is 0 Å². The molecule has 7 heteroatoms. The van der Waals surface area contributed by atoms with E-state index in [1.807, 2.05) is 0 Å². The van der Waals surface area contributed by atoms with Crippen molar-refractivity contribution in [3.05, 3.63) is 101 Å². The fraction of sp³-hybridized carbons (Fsp3) is 0.455. The third kappa shape index (κ3) is 7.72. The van der Waals surface area contributed by atoms with E-state index in [0.29, 0.717) is 36.1 Å². The highest BCUT2D eigenvalue weighted by atomic mass is 32.2. The summed E-state index contributed by atoms with van der Waals surface area (Å²) in [4.78, 5) is 2.76. The van der Waals surface area contributed by atoms with E-state index in [4.69, 9.17) is 9.29 Å². The van der Waals surface area contributed by atoms with Gasteiger partial charge in [0.1, 0.15) is 5.75 Å². The molecule has 2 N–H and O–H groups in total. The highest BCUT2D eigenvalue weighted by Gasteiger charge is 2.46. The van der Waals surface area contributed by atoms with Crippen molar-refractivity contribution in [2.24, 2.45) is 5.92 Å². The van der Waals surface area contributed by atoms with Crippen LogP contribution in [0.3, 0.4) is 0 Å². The van der Waals surface area contributed by atoms with Crippen molar-refractivity contribution in [3.8, 4) is 5.75 Å². The molecule has 3 aromatic rings. The maximum Gasteiger partial charge on any atom is 0.261 e. The Morgan fingerprint density at radius 3 is 2.00 bits per heavy atom. The number of nitrogens with one attached hydrogen (secondary N) is 1. The lowest BCUT2D eigenvalue weighted by Crippen LogP contribution is -2.64. The lowest BCUT2D eigenvalue weighted by molar-refractivity contribution is 0.00462. The van der Waals surface area contributed by atoms with Crippen LogP contribution in [0.1, 0.15) is 67.2 Å². The minimum Gasteiger partial charge on any atom is -0.496 e. The van der Waals surface area contributed by atoms with Crippen molar-refractivity contribution in [1.29, 1.82) is 0 Å². The smallest absolute Gasteiger partial charge is 0.261 e. The van der Waals surface area contributed by atoms with Crippen LogP contribution in [0.15, 0.2) is 78.9 Å². The van der Waals surface area contributed by atoms with Crippen LogP contribution >= 0.6 is 0 Å². The summed E-state index contributed by atoms with van der Waals surface area (Å²) in [5.74, 6) is 2.62. The van der Waals surface area contributed by atoms with Gasteiger partial charge in [-0.15, -0.1) is 0 Å². The van der Waals surface area contributed by atoms with Crippen LogP contribution in [0.25, 0.3) is 0 Å². The summed E-state index contributed by atoms with van der Waals surface area (Å²) < 4.78 is 31.6. The molecule has 0 spiro atoms. The fourth-order valence-corrected chi connectivity index (χ4v) is 6.40. The van der Waals surface area contributed by atoms with Crippen LogP contribution in [-0.4, -0.2) is 56.4 Å². The van der Waals surface area contributed by atoms with E-state index in [-0.39, 0.29) is 0 Å². The van der Waals surface area contributed by atoms with Gasteiger partial charge in [0.2, 0.25) is 0 Å². The Balaban J connectivity index is 0.000000681. The summed E-state index contributed by atoms with van der Waals surface area (Å²) in [5, 5.41) is 4.08. The van der Waals surface area contributed by atoms with Gasteiger partial charge in [0, 0.05) is 30.1 Å². The molecule has 3 aliphatic heterocycles. The second-order valence-corrected chi connectivity index (χ2v) is 12.6. The van der Waals surface area contributed by atoms with Gasteiger partial charge < -0.3 is 10.1 Å². The van der Waals surface area contributed by atoms with Crippen LogP contribution < -0.4 is 10.1 Å². The Hall–Kier alpha value is -2.71. The molecule has 3 aliphatic rings. The second kappa shape index (κ2) is 13.8. The van der Waals surface area contributed by atoms with Gasteiger partial charge in [0.25, 0.3) is 10.1 Å². The molecule has 40 heavy (non-hydrogen) atoms. The molecule has 6 nitrogen and oxygen atoms in total. The van der Waals surface area contributed by atoms with Crippen LogP contribution in [0, 0.1) is 5.92 Å². The van der Waals surface area contributed by atoms with E-state index in [0.717, 1.165) is 18.7 Å². The van der Waals surface area contributed by atoms with Crippen LogP contribution in [0.2, 0.25) is 0 Å². The van der Waals surface area contributed by atoms with Crippen molar-refractivity contribution in [1.82, 2.24) is 10.2 Å². The first-order valence-electron chi connectivity index (χ1n) is 14.4. The Bertz CT molecular complexity index is 1260. The molecule has 2 bridgehead atoms. The van der Waals surface area contributed by atoms with Gasteiger partial charge >= 0.3 is 0 Å². The van der Waals surface area contributed by atoms with Gasteiger partial charge in [-0.05, 0) is 66.9 Å². The molecule has 0 saturated carbocycles. The number of methoxy groups -OCH3 is 1. The van der Waals surface area contributed by atoms with Crippen molar-refractivity contribution in [2.75, 3.05) is 26.5 Å². The summed E-state index contributed by atoms with van der Waals surface area (Å²) in [6.45, 7) is 7.83. The fourth-order valence-electron chi connectivity index (χ4n) is 6.40. The van der Waals surface area contributed by atoms with Gasteiger partial charge in [-0.25, -0.2) is 0 Å². The molecule has 3 saturated heterocycles. The second-order valence-electron chi connectivity index (χ2n) is 11.2. The summed E-state index contributed by atoms with van der Waals surface area (Å²) in [6.07, 6.45) is 4.44. The number of fused-ring (bicyclic) bond motifs is 3. The first-order chi connectivity index (χ1) is 19.2. The molecule has 3 atom stereocenters. The first kappa shape index (κ1) is 30.3. The van der Waals surface area contributed by atoms with E-state index in [2.05, 4.69) is 103 Å². The van der Waals surface area contributed by atoms with Gasteiger partial charge in [-0.2, -0.15) is 8.42 Å². The highest BCUT2D eigenvalue weighted by molar-refractivity contribution is 7.85. The Morgan fingerprint density at radius 1 is 0.950 bits per heavy atom. The summed E-state index contributed by atoms with van der Waals surface area (Å²) in [7, 11) is -1.88. The highest BCUT2D eigenvalue weighted by Crippen LogP contribution is 2.42. The van der Waals surface area contributed by atoms with Gasteiger partial charge in [-0.1, -0.05) is 86.6 Å². The molecular formula is C33H44N2O4S. The van der Waals surface area contributed by atoms with Gasteiger partial charge in [0.15, 0.2) is 0 Å². The van der Waals surface area contributed by atoms with Crippen LogP contribution in [-0.2, 0) is 16.7 Å². The standard InChI is InChI=1S/C32H40N2O.CH4O3S/c1-4-23(2)27-15-16-29(35-3)28(21-27)22-33-31-26-17-19-34(20-18-26)32(31)30(24-11-7-5-8-12-24)25-13-9-6-10-14-25;1-5(2,3)4/h5-16,21,23,26,30-33H,4,17-20,22H2,1-3H3;1H3,(H,2,3,4)/t23?,31-,32-;/m0./s1. The van der Waals surface area contributed by atoms with Crippen LogP contribution in [0.4, 0.5) is 0 Å². The number of ether oxygens (including phenoxy) is 1. The third-order valence-corrected chi connectivity index (χ3v) is 8.54. The van der Waals surface area contributed by atoms with Gasteiger partial charge in [-0.3, -0.25) is 9.45 Å². The molecule has 3 heterocycles. The zero-order chi connectivity index (χ0) is 28.7. The quantitative estimate of drug-likeness (QED) is 0.306. The largest absolute Gasteiger partial charge is 0.496 e. The summed E-state index contributed by atoms with van der Waals surface area (Å²) >= 11 is 0. The zero-order valence-electron chi connectivity index (χ0n) is 24.2. The van der Waals surface area contributed by atoms with Crippen molar-refractivity contribution in [2.45, 2.75) is 63.6 Å².